The first kappa shape index (κ1) is 17.5. The SMILES string of the molecule is N#Cc1cccc(Oc2cc(C(=O)O)cc(Oc3cccc(C#N)c3)n2)c1. The van der Waals surface area contributed by atoms with Crippen molar-refractivity contribution in [3.63, 3.8) is 0 Å². The second-order valence-electron chi connectivity index (χ2n) is 5.32. The minimum Gasteiger partial charge on any atom is -0.478 e. The molecule has 0 atom stereocenters. The van der Waals surface area contributed by atoms with Gasteiger partial charge in [-0.15, -0.1) is 0 Å². The third kappa shape index (κ3) is 4.38. The standard InChI is InChI=1S/C20H11N3O4/c21-11-13-3-1-5-16(7-13)26-18-9-15(20(24)25)10-19(23-18)27-17-6-2-4-14(8-17)12-22/h1-10H,(H,24,25). The molecule has 0 fully saturated rings. The van der Waals surface area contributed by atoms with Gasteiger partial charge in [0, 0.05) is 12.1 Å². The molecular weight excluding hydrogens is 346 g/mol. The first-order chi connectivity index (χ1) is 13.1. The van der Waals surface area contributed by atoms with Gasteiger partial charge in [-0.25, -0.2) is 4.79 Å². The minimum atomic E-state index is -1.18. The number of aromatic nitrogens is 1. The number of carboxylic acids is 1. The van der Waals surface area contributed by atoms with Crippen LogP contribution >= 0.6 is 0 Å². The van der Waals surface area contributed by atoms with E-state index in [-0.39, 0.29) is 17.3 Å². The molecule has 0 saturated carbocycles. The Morgan fingerprint density at radius 3 is 1.74 bits per heavy atom. The Hall–Kier alpha value is -4.36. The van der Waals surface area contributed by atoms with Crippen molar-refractivity contribution in [1.82, 2.24) is 4.98 Å². The predicted molar refractivity (Wildman–Crippen MR) is 93.7 cm³/mol. The Balaban J connectivity index is 1.93. The highest BCUT2D eigenvalue weighted by Gasteiger charge is 2.12. The summed E-state index contributed by atoms with van der Waals surface area (Å²) in [6.45, 7) is 0. The summed E-state index contributed by atoms with van der Waals surface area (Å²) < 4.78 is 11.2. The molecule has 0 aliphatic heterocycles. The average Bonchev–Trinajstić information content (AvgIpc) is 2.68. The second kappa shape index (κ2) is 7.68. The molecule has 0 aliphatic carbocycles. The van der Waals surface area contributed by atoms with Crippen LogP contribution in [0.15, 0.2) is 60.7 Å². The number of nitrogens with zero attached hydrogens (tertiary/aromatic N) is 3. The molecule has 7 nitrogen and oxygen atoms in total. The molecule has 1 N–H and O–H groups in total. The molecule has 0 spiro atoms. The van der Waals surface area contributed by atoms with Gasteiger partial charge in [0.2, 0.25) is 11.8 Å². The number of pyridine rings is 1. The third-order valence-corrected chi connectivity index (χ3v) is 3.40. The van der Waals surface area contributed by atoms with Crippen LogP contribution in [-0.4, -0.2) is 16.1 Å². The molecule has 3 rings (SSSR count). The molecule has 0 unspecified atom stereocenters. The van der Waals surface area contributed by atoms with Crippen molar-refractivity contribution in [2.45, 2.75) is 0 Å². The number of benzene rings is 2. The number of hydrogen-bond donors (Lipinski definition) is 1. The van der Waals surface area contributed by atoms with Gasteiger partial charge in [0.15, 0.2) is 0 Å². The summed E-state index contributed by atoms with van der Waals surface area (Å²) in [5.41, 5.74) is 0.709. The first-order valence-electron chi connectivity index (χ1n) is 7.69. The number of nitriles is 2. The summed E-state index contributed by atoms with van der Waals surface area (Å²) in [7, 11) is 0. The van der Waals surface area contributed by atoms with E-state index in [1.54, 1.807) is 36.4 Å². The highest BCUT2D eigenvalue weighted by molar-refractivity contribution is 5.88. The molecule has 27 heavy (non-hydrogen) atoms. The van der Waals surface area contributed by atoms with Gasteiger partial charge in [0.25, 0.3) is 0 Å². The van der Waals surface area contributed by atoms with Gasteiger partial charge in [-0.1, -0.05) is 12.1 Å². The Labute approximate surface area is 154 Å². The summed E-state index contributed by atoms with van der Waals surface area (Å²) in [5, 5.41) is 27.2. The van der Waals surface area contributed by atoms with E-state index in [1.165, 1.54) is 24.3 Å². The lowest BCUT2D eigenvalue weighted by Gasteiger charge is -2.10. The largest absolute Gasteiger partial charge is 0.478 e. The molecule has 130 valence electrons. The Morgan fingerprint density at radius 2 is 1.33 bits per heavy atom. The molecule has 3 aromatic rings. The van der Waals surface area contributed by atoms with E-state index >= 15 is 0 Å². The van der Waals surface area contributed by atoms with Crippen molar-refractivity contribution in [2.24, 2.45) is 0 Å². The lowest BCUT2D eigenvalue weighted by atomic mass is 10.2. The fourth-order valence-corrected chi connectivity index (χ4v) is 2.21. The maximum absolute atomic E-state index is 11.4. The van der Waals surface area contributed by atoms with Gasteiger partial charge >= 0.3 is 5.97 Å². The van der Waals surface area contributed by atoms with Crippen LogP contribution in [0.2, 0.25) is 0 Å². The predicted octanol–water partition coefficient (Wildman–Crippen LogP) is 4.11. The average molecular weight is 357 g/mol. The number of carbonyl (C=O) groups is 1. The van der Waals surface area contributed by atoms with Crippen molar-refractivity contribution in [1.29, 1.82) is 10.5 Å². The number of ether oxygens (including phenoxy) is 2. The molecule has 1 heterocycles. The van der Waals surface area contributed by atoms with Crippen molar-refractivity contribution in [2.75, 3.05) is 0 Å². The quantitative estimate of drug-likeness (QED) is 0.730. The summed E-state index contributed by atoms with van der Waals surface area (Å²) >= 11 is 0. The number of aromatic carboxylic acids is 1. The van der Waals surface area contributed by atoms with E-state index in [9.17, 15) is 9.90 Å². The highest BCUT2D eigenvalue weighted by Crippen LogP contribution is 2.27. The Kier molecular flexibility index (Phi) is 4.97. The van der Waals surface area contributed by atoms with E-state index < -0.39 is 5.97 Å². The van der Waals surface area contributed by atoms with Crippen molar-refractivity contribution in [3.8, 4) is 35.4 Å². The topological polar surface area (TPSA) is 116 Å². The van der Waals surface area contributed by atoms with Gasteiger partial charge < -0.3 is 14.6 Å². The zero-order valence-corrected chi connectivity index (χ0v) is 13.8. The summed E-state index contributed by atoms with van der Waals surface area (Å²) in [4.78, 5) is 15.5. The smallest absolute Gasteiger partial charge is 0.336 e. The summed E-state index contributed by atoms with van der Waals surface area (Å²) in [6.07, 6.45) is 0. The lowest BCUT2D eigenvalue weighted by molar-refractivity contribution is 0.0696. The van der Waals surface area contributed by atoms with Crippen LogP contribution in [0.3, 0.4) is 0 Å². The van der Waals surface area contributed by atoms with Crippen molar-refractivity contribution >= 4 is 5.97 Å². The Bertz CT molecular complexity index is 1020. The maximum atomic E-state index is 11.4. The van der Waals surface area contributed by atoms with E-state index in [0.717, 1.165) is 0 Å². The molecule has 1 aromatic heterocycles. The Morgan fingerprint density at radius 1 is 0.852 bits per heavy atom. The fourth-order valence-electron chi connectivity index (χ4n) is 2.21. The van der Waals surface area contributed by atoms with E-state index in [1.807, 2.05) is 12.1 Å². The monoisotopic (exact) mass is 357 g/mol. The fraction of sp³-hybridized carbons (Fsp3) is 0. The minimum absolute atomic E-state index is 0.00331. The van der Waals surface area contributed by atoms with Gasteiger partial charge in [0.1, 0.15) is 11.5 Å². The molecule has 0 bridgehead atoms. The van der Waals surface area contributed by atoms with Gasteiger partial charge in [-0.05, 0) is 36.4 Å². The maximum Gasteiger partial charge on any atom is 0.336 e. The zero-order chi connectivity index (χ0) is 19.2. The van der Waals surface area contributed by atoms with Crippen LogP contribution in [0.4, 0.5) is 0 Å². The molecule has 0 amide bonds. The van der Waals surface area contributed by atoms with Gasteiger partial charge in [0.05, 0.1) is 28.8 Å². The van der Waals surface area contributed by atoms with Crippen LogP contribution < -0.4 is 9.47 Å². The number of rotatable bonds is 5. The number of hydrogen-bond acceptors (Lipinski definition) is 6. The van der Waals surface area contributed by atoms with Crippen LogP contribution in [0, 0.1) is 22.7 Å². The molecular formula is C20H11N3O4. The lowest BCUT2D eigenvalue weighted by Crippen LogP contribution is -2.00. The first-order valence-corrected chi connectivity index (χ1v) is 7.69. The summed E-state index contributed by atoms with van der Waals surface area (Å²) in [6, 6.07) is 19.2. The second-order valence-corrected chi connectivity index (χ2v) is 5.32. The summed E-state index contributed by atoms with van der Waals surface area (Å²) in [5.74, 6) is -0.514. The van der Waals surface area contributed by atoms with Crippen molar-refractivity contribution < 1.29 is 19.4 Å². The molecule has 2 aromatic carbocycles. The van der Waals surface area contributed by atoms with E-state index in [4.69, 9.17) is 20.0 Å². The normalized spacial score (nSPS) is 9.70. The van der Waals surface area contributed by atoms with Crippen LogP contribution in [0.5, 0.6) is 23.3 Å². The number of carboxylic acid groups (broad SMARTS) is 1. The van der Waals surface area contributed by atoms with Crippen LogP contribution in [0.25, 0.3) is 0 Å². The van der Waals surface area contributed by atoms with E-state index in [0.29, 0.717) is 22.6 Å². The van der Waals surface area contributed by atoms with Gasteiger partial charge in [-0.3, -0.25) is 0 Å². The van der Waals surface area contributed by atoms with Crippen LogP contribution in [0.1, 0.15) is 21.5 Å². The molecule has 7 heteroatoms. The van der Waals surface area contributed by atoms with Gasteiger partial charge in [-0.2, -0.15) is 15.5 Å². The third-order valence-electron chi connectivity index (χ3n) is 3.40. The zero-order valence-electron chi connectivity index (χ0n) is 13.8. The molecule has 0 aliphatic rings. The highest BCUT2D eigenvalue weighted by atomic mass is 16.5. The van der Waals surface area contributed by atoms with Crippen molar-refractivity contribution in [3.05, 3.63) is 77.4 Å². The molecule has 0 radical (unpaired) electrons. The van der Waals surface area contributed by atoms with Crippen LogP contribution in [-0.2, 0) is 0 Å². The van der Waals surface area contributed by atoms with E-state index in [2.05, 4.69) is 4.98 Å². The molecule has 0 saturated heterocycles.